The Morgan fingerprint density at radius 1 is 1.24 bits per heavy atom. The van der Waals surface area contributed by atoms with Crippen LogP contribution < -0.4 is 15.5 Å². The standard InChI is InChI=1S/C18H28N4O2S/c1-14-10-15(2)12-16(11-14)20-18(25)22-7-5-21(6-8-22)13-17(23)19-4-9-24-3/h10-12H,4-9,13H2,1-3H3,(H,19,23)(H,20,25)/p+1. The first-order chi connectivity index (χ1) is 12.0. The number of amides is 1. The summed E-state index contributed by atoms with van der Waals surface area (Å²) in [5, 5.41) is 6.97. The van der Waals surface area contributed by atoms with Gasteiger partial charge in [-0.3, -0.25) is 4.79 Å². The molecule has 1 amide bonds. The summed E-state index contributed by atoms with van der Waals surface area (Å²) in [6, 6.07) is 6.35. The highest BCUT2D eigenvalue weighted by atomic mass is 32.1. The van der Waals surface area contributed by atoms with E-state index < -0.39 is 0 Å². The van der Waals surface area contributed by atoms with E-state index in [1.165, 1.54) is 16.0 Å². The molecule has 0 atom stereocenters. The van der Waals surface area contributed by atoms with E-state index in [2.05, 4.69) is 47.6 Å². The molecule has 1 fully saturated rings. The summed E-state index contributed by atoms with van der Waals surface area (Å²) in [4.78, 5) is 15.3. The zero-order chi connectivity index (χ0) is 18.2. The second-order valence-electron chi connectivity index (χ2n) is 6.56. The van der Waals surface area contributed by atoms with E-state index in [1.54, 1.807) is 7.11 Å². The topological polar surface area (TPSA) is 58.0 Å². The molecule has 25 heavy (non-hydrogen) atoms. The van der Waals surface area contributed by atoms with Crippen molar-refractivity contribution in [3.63, 3.8) is 0 Å². The van der Waals surface area contributed by atoms with Crippen molar-refractivity contribution in [2.24, 2.45) is 0 Å². The molecule has 0 spiro atoms. The second kappa shape index (κ2) is 9.70. The predicted octanol–water partition coefficient (Wildman–Crippen LogP) is -0.0367. The van der Waals surface area contributed by atoms with Gasteiger partial charge in [-0.05, 0) is 49.3 Å². The molecule has 1 aromatic carbocycles. The Kier molecular flexibility index (Phi) is 7.61. The van der Waals surface area contributed by atoms with Crippen molar-refractivity contribution >= 4 is 28.9 Å². The molecule has 138 valence electrons. The average molecular weight is 366 g/mol. The summed E-state index contributed by atoms with van der Waals surface area (Å²) >= 11 is 5.55. The number of hydrogen-bond donors (Lipinski definition) is 3. The van der Waals surface area contributed by atoms with E-state index in [0.717, 1.165) is 37.0 Å². The van der Waals surface area contributed by atoms with Crippen LogP contribution in [-0.2, 0) is 9.53 Å². The van der Waals surface area contributed by atoms with Gasteiger partial charge >= 0.3 is 0 Å². The van der Waals surface area contributed by atoms with Crippen LogP contribution in [0.1, 0.15) is 11.1 Å². The molecule has 1 heterocycles. The summed E-state index contributed by atoms with van der Waals surface area (Å²) in [6.45, 7) is 9.33. The van der Waals surface area contributed by atoms with Crippen molar-refractivity contribution in [2.45, 2.75) is 13.8 Å². The first-order valence-corrected chi connectivity index (χ1v) is 9.12. The van der Waals surface area contributed by atoms with Crippen molar-refractivity contribution in [3.05, 3.63) is 29.3 Å². The van der Waals surface area contributed by atoms with Gasteiger partial charge < -0.3 is 25.2 Å². The number of aryl methyl sites for hydroxylation is 2. The Morgan fingerprint density at radius 2 is 1.88 bits per heavy atom. The molecule has 0 aliphatic carbocycles. The number of carbonyl (C=O) groups is 1. The number of benzene rings is 1. The summed E-state index contributed by atoms with van der Waals surface area (Å²) in [5.41, 5.74) is 3.48. The number of thiocarbonyl (C=S) groups is 1. The molecular weight excluding hydrogens is 336 g/mol. The van der Waals surface area contributed by atoms with Crippen LogP contribution in [0, 0.1) is 13.8 Å². The molecular formula is C18H29N4O2S+. The lowest BCUT2D eigenvalue weighted by Crippen LogP contribution is -3.15. The van der Waals surface area contributed by atoms with Crippen LogP contribution in [0.3, 0.4) is 0 Å². The zero-order valence-corrected chi connectivity index (χ0v) is 16.2. The van der Waals surface area contributed by atoms with Crippen molar-refractivity contribution in [2.75, 3.05) is 58.3 Å². The summed E-state index contributed by atoms with van der Waals surface area (Å²) in [7, 11) is 1.63. The van der Waals surface area contributed by atoms with Gasteiger partial charge in [0.25, 0.3) is 5.91 Å². The third-order valence-corrected chi connectivity index (χ3v) is 4.63. The Bertz CT molecular complexity index is 580. The van der Waals surface area contributed by atoms with Crippen LogP contribution in [0.2, 0.25) is 0 Å². The van der Waals surface area contributed by atoms with Gasteiger partial charge in [0.05, 0.1) is 32.8 Å². The lowest BCUT2D eigenvalue weighted by atomic mass is 10.1. The highest BCUT2D eigenvalue weighted by Crippen LogP contribution is 2.14. The number of anilines is 1. The lowest BCUT2D eigenvalue weighted by Gasteiger charge is -2.33. The summed E-state index contributed by atoms with van der Waals surface area (Å²) < 4.78 is 4.94. The average Bonchev–Trinajstić information content (AvgIpc) is 2.54. The van der Waals surface area contributed by atoms with Crippen LogP contribution in [0.5, 0.6) is 0 Å². The van der Waals surface area contributed by atoms with E-state index in [4.69, 9.17) is 17.0 Å². The van der Waals surface area contributed by atoms with Crippen LogP contribution in [-0.4, -0.2) is 68.9 Å². The van der Waals surface area contributed by atoms with E-state index in [0.29, 0.717) is 19.7 Å². The van der Waals surface area contributed by atoms with Gasteiger partial charge in [-0.25, -0.2) is 0 Å². The maximum absolute atomic E-state index is 11.9. The second-order valence-corrected chi connectivity index (χ2v) is 6.95. The van der Waals surface area contributed by atoms with Crippen LogP contribution >= 0.6 is 12.2 Å². The fraction of sp³-hybridized carbons (Fsp3) is 0.556. The number of methoxy groups -OCH3 is 1. The fourth-order valence-corrected chi connectivity index (χ4v) is 3.33. The van der Waals surface area contributed by atoms with Crippen LogP contribution in [0.15, 0.2) is 18.2 Å². The van der Waals surface area contributed by atoms with Gasteiger partial charge in [0.15, 0.2) is 11.7 Å². The number of rotatable bonds is 6. The Labute approximate surface area is 155 Å². The SMILES string of the molecule is COCCNC(=O)C[NH+]1CCN(C(=S)Nc2cc(C)cc(C)c2)CC1. The van der Waals surface area contributed by atoms with Crippen molar-refractivity contribution in [1.29, 1.82) is 0 Å². The number of quaternary nitrogens is 1. The molecule has 6 nitrogen and oxygen atoms in total. The predicted molar refractivity (Wildman–Crippen MR) is 104 cm³/mol. The third-order valence-electron chi connectivity index (χ3n) is 4.27. The Hall–Kier alpha value is -1.70. The Morgan fingerprint density at radius 3 is 2.48 bits per heavy atom. The summed E-state index contributed by atoms with van der Waals surface area (Å²) in [6.07, 6.45) is 0. The number of hydrogen-bond acceptors (Lipinski definition) is 3. The fourth-order valence-electron chi connectivity index (χ4n) is 3.03. The number of piperazine rings is 1. The zero-order valence-electron chi connectivity index (χ0n) is 15.4. The lowest BCUT2D eigenvalue weighted by molar-refractivity contribution is -0.895. The highest BCUT2D eigenvalue weighted by Gasteiger charge is 2.23. The molecule has 0 aromatic heterocycles. The van der Waals surface area contributed by atoms with Crippen molar-refractivity contribution in [1.82, 2.24) is 10.2 Å². The molecule has 0 radical (unpaired) electrons. The first-order valence-electron chi connectivity index (χ1n) is 8.71. The van der Waals surface area contributed by atoms with Gasteiger partial charge in [-0.15, -0.1) is 0 Å². The van der Waals surface area contributed by atoms with E-state index in [9.17, 15) is 4.79 Å². The van der Waals surface area contributed by atoms with E-state index in [1.807, 2.05) is 0 Å². The monoisotopic (exact) mass is 365 g/mol. The smallest absolute Gasteiger partial charge is 0.275 e. The third kappa shape index (κ3) is 6.61. The summed E-state index contributed by atoms with van der Waals surface area (Å²) in [5.74, 6) is 0.0800. The maximum atomic E-state index is 11.9. The first kappa shape index (κ1) is 19.6. The molecule has 0 saturated carbocycles. The molecule has 2 rings (SSSR count). The largest absolute Gasteiger partial charge is 0.383 e. The molecule has 1 aliphatic rings. The highest BCUT2D eigenvalue weighted by molar-refractivity contribution is 7.80. The quantitative estimate of drug-likeness (QED) is 0.488. The number of ether oxygens (including phenoxy) is 1. The molecule has 1 aromatic rings. The van der Waals surface area contributed by atoms with Gasteiger partial charge in [0, 0.05) is 19.3 Å². The van der Waals surface area contributed by atoms with Crippen LogP contribution in [0.4, 0.5) is 5.69 Å². The van der Waals surface area contributed by atoms with Crippen LogP contribution in [0.25, 0.3) is 0 Å². The minimum absolute atomic E-state index is 0.0800. The minimum Gasteiger partial charge on any atom is -0.383 e. The van der Waals surface area contributed by atoms with E-state index in [-0.39, 0.29) is 5.91 Å². The van der Waals surface area contributed by atoms with Gasteiger partial charge in [0.1, 0.15) is 0 Å². The van der Waals surface area contributed by atoms with Crippen molar-refractivity contribution < 1.29 is 14.4 Å². The molecule has 0 bridgehead atoms. The molecule has 1 saturated heterocycles. The van der Waals surface area contributed by atoms with Gasteiger partial charge in [-0.2, -0.15) is 0 Å². The molecule has 1 aliphatic heterocycles. The maximum Gasteiger partial charge on any atom is 0.275 e. The van der Waals surface area contributed by atoms with Gasteiger partial charge in [-0.1, -0.05) is 6.07 Å². The Balaban J connectivity index is 1.75. The molecule has 0 unspecified atom stereocenters. The number of nitrogens with one attached hydrogen (secondary N) is 3. The van der Waals surface area contributed by atoms with E-state index >= 15 is 0 Å². The molecule has 3 N–H and O–H groups in total. The van der Waals surface area contributed by atoms with Crippen molar-refractivity contribution in [3.8, 4) is 0 Å². The molecule has 7 heteroatoms. The number of carbonyl (C=O) groups excluding carboxylic acids is 1. The minimum atomic E-state index is 0.0800. The van der Waals surface area contributed by atoms with Gasteiger partial charge in [0.2, 0.25) is 0 Å². The normalized spacial score (nSPS) is 15.1. The number of nitrogens with zero attached hydrogens (tertiary/aromatic N) is 1.